The van der Waals surface area contributed by atoms with Crippen molar-refractivity contribution in [2.75, 3.05) is 19.7 Å². The lowest BCUT2D eigenvalue weighted by atomic mass is 10.2. The Balaban J connectivity index is 2.05. The van der Waals surface area contributed by atoms with Crippen molar-refractivity contribution >= 4 is 0 Å². The van der Waals surface area contributed by atoms with Gasteiger partial charge >= 0.3 is 0 Å². The largest absolute Gasteiger partial charge is 0.395 e. The zero-order chi connectivity index (χ0) is 8.81. The van der Waals surface area contributed by atoms with E-state index in [4.69, 9.17) is 5.11 Å². The number of hydrogen-bond donors (Lipinski definition) is 1. The lowest BCUT2D eigenvalue weighted by molar-refractivity contribution is 0.187. The van der Waals surface area contributed by atoms with Crippen LogP contribution in [0.3, 0.4) is 0 Å². The van der Waals surface area contributed by atoms with Crippen molar-refractivity contribution in [2.45, 2.75) is 45.1 Å². The molecule has 12 heavy (non-hydrogen) atoms. The number of rotatable bonds is 7. The van der Waals surface area contributed by atoms with Gasteiger partial charge in [-0.1, -0.05) is 19.8 Å². The first-order valence-electron chi connectivity index (χ1n) is 5.23. The third-order valence-electron chi connectivity index (χ3n) is 2.50. The fourth-order valence-electron chi connectivity index (χ4n) is 1.61. The van der Waals surface area contributed by atoms with Gasteiger partial charge in [-0.25, -0.2) is 0 Å². The summed E-state index contributed by atoms with van der Waals surface area (Å²) in [6, 6.07) is 0.814. The van der Waals surface area contributed by atoms with Gasteiger partial charge < -0.3 is 5.11 Å². The Hall–Kier alpha value is -0.0800. The van der Waals surface area contributed by atoms with Crippen LogP contribution in [0.1, 0.15) is 39.0 Å². The van der Waals surface area contributed by atoms with Crippen molar-refractivity contribution < 1.29 is 5.11 Å². The summed E-state index contributed by atoms with van der Waals surface area (Å²) < 4.78 is 0. The van der Waals surface area contributed by atoms with Gasteiger partial charge in [0.1, 0.15) is 0 Å². The van der Waals surface area contributed by atoms with E-state index in [2.05, 4.69) is 11.8 Å². The van der Waals surface area contributed by atoms with Crippen molar-refractivity contribution in [2.24, 2.45) is 0 Å². The molecule has 1 rings (SSSR count). The quantitative estimate of drug-likeness (QED) is 0.589. The summed E-state index contributed by atoms with van der Waals surface area (Å²) in [6.45, 7) is 4.63. The Kier molecular flexibility index (Phi) is 4.62. The lowest BCUT2D eigenvalue weighted by Gasteiger charge is -2.20. The number of hydrogen-bond acceptors (Lipinski definition) is 2. The SMILES string of the molecule is CCCCCN(CCO)C1CC1. The second-order valence-corrected chi connectivity index (χ2v) is 3.70. The molecular weight excluding hydrogens is 150 g/mol. The number of aliphatic hydroxyl groups excluding tert-OH is 1. The summed E-state index contributed by atoms with van der Waals surface area (Å²) in [7, 11) is 0. The molecular formula is C10H21NO. The van der Waals surface area contributed by atoms with E-state index in [1.54, 1.807) is 0 Å². The zero-order valence-corrected chi connectivity index (χ0v) is 8.13. The molecule has 0 heterocycles. The molecule has 0 aromatic rings. The van der Waals surface area contributed by atoms with Gasteiger partial charge in [0, 0.05) is 12.6 Å². The Labute approximate surface area is 75.6 Å². The van der Waals surface area contributed by atoms with E-state index in [1.165, 1.54) is 38.6 Å². The molecule has 0 saturated heterocycles. The molecule has 0 bridgehead atoms. The summed E-state index contributed by atoms with van der Waals surface area (Å²) in [5, 5.41) is 8.83. The van der Waals surface area contributed by atoms with Crippen LogP contribution < -0.4 is 0 Å². The Morgan fingerprint density at radius 2 is 2.00 bits per heavy atom. The highest BCUT2D eigenvalue weighted by Crippen LogP contribution is 2.26. The van der Waals surface area contributed by atoms with Crippen LogP contribution >= 0.6 is 0 Å². The zero-order valence-electron chi connectivity index (χ0n) is 8.13. The molecule has 1 aliphatic carbocycles. The van der Waals surface area contributed by atoms with Crippen LogP contribution in [-0.4, -0.2) is 35.7 Å². The van der Waals surface area contributed by atoms with Crippen LogP contribution in [-0.2, 0) is 0 Å². The van der Waals surface area contributed by atoms with Crippen molar-refractivity contribution in [1.29, 1.82) is 0 Å². The van der Waals surface area contributed by atoms with Crippen LogP contribution in [0.25, 0.3) is 0 Å². The first-order valence-corrected chi connectivity index (χ1v) is 5.23. The molecule has 1 saturated carbocycles. The molecule has 2 heteroatoms. The fourth-order valence-corrected chi connectivity index (χ4v) is 1.61. The predicted octanol–water partition coefficient (Wildman–Crippen LogP) is 1.63. The summed E-state index contributed by atoms with van der Waals surface area (Å²) in [6.07, 6.45) is 6.62. The van der Waals surface area contributed by atoms with Gasteiger partial charge in [0.05, 0.1) is 6.61 Å². The highest BCUT2D eigenvalue weighted by atomic mass is 16.3. The molecule has 1 N–H and O–H groups in total. The first-order chi connectivity index (χ1) is 5.88. The minimum absolute atomic E-state index is 0.322. The Morgan fingerprint density at radius 1 is 1.25 bits per heavy atom. The molecule has 2 nitrogen and oxygen atoms in total. The third-order valence-corrected chi connectivity index (χ3v) is 2.50. The van der Waals surface area contributed by atoms with E-state index in [0.717, 1.165) is 12.6 Å². The molecule has 0 unspecified atom stereocenters. The summed E-state index contributed by atoms with van der Waals surface area (Å²) in [5.74, 6) is 0. The van der Waals surface area contributed by atoms with Crippen molar-refractivity contribution in [3.8, 4) is 0 Å². The Bertz CT molecular complexity index is 112. The first kappa shape index (κ1) is 10.0. The van der Waals surface area contributed by atoms with E-state index >= 15 is 0 Å². The minimum atomic E-state index is 0.322. The average Bonchev–Trinajstić information content (AvgIpc) is 2.86. The molecule has 72 valence electrons. The van der Waals surface area contributed by atoms with E-state index < -0.39 is 0 Å². The smallest absolute Gasteiger partial charge is 0.0558 e. The fraction of sp³-hybridized carbons (Fsp3) is 1.00. The monoisotopic (exact) mass is 171 g/mol. The van der Waals surface area contributed by atoms with Crippen molar-refractivity contribution in [1.82, 2.24) is 4.90 Å². The van der Waals surface area contributed by atoms with E-state index in [9.17, 15) is 0 Å². The highest BCUT2D eigenvalue weighted by Gasteiger charge is 2.27. The maximum absolute atomic E-state index is 8.83. The van der Waals surface area contributed by atoms with Crippen LogP contribution in [0.15, 0.2) is 0 Å². The molecule has 0 aromatic carbocycles. The summed E-state index contributed by atoms with van der Waals surface area (Å²) in [4.78, 5) is 2.44. The van der Waals surface area contributed by atoms with Gasteiger partial charge in [-0.15, -0.1) is 0 Å². The molecule has 1 aliphatic rings. The van der Waals surface area contributed by atoms with Gasteiger partial charge in [-0.3, -0.25) is 4.90 Å². The second-order valence-electron chi connectivity index (χ2n) is 3.70. The average molecular weight is 171 g/mol. The molecule has 0 amide bonds. The van der Waals surface area contributed by atoms with E-state index in [1.807, 2.05) is 0 Å². The maximum atomic E-state index is 8.83. The van der Waals surface area contributed by atoms with Gasteiger partial charge in [0.25, 0.3) is 0 Å². The molecule has 0 aromatic heterocycles. The van der Waals surface area contributed by atoms with Crippen molar-refractivity contribution in [3.63, 3.8) is 0 Å². The van der Waals surface area contributed by atoms with E-state index in [-0.39, 0.29) is 0 Å². The molecule has 0 spiro atoms. The third kappa shape index (κ3) is 3.55. The second kappa shape index (κ2) is 5.55. The Morgan fingerprint density at radius 3 is 2.50 bits per heavy atom. The van der Waals surface area contributed by atoms with Crippen LogP contribution in [0.5, 0.6) is 0 Å². The topological polar surface area (TPSA) is 23.5 Å². The number of nitrogens with zero attached hydrogens (tertiary/aromatic N) is 1. The maximum Gasteiger partial charge on any atom is 0.0558 e. The van der Waals surface area contributed by atoms with Gasteiger partial charge in [-0.05, 0) is 25.8 Å². The lowest BCUT2D eigenvalue weighted by Crippen LogP contribution is -2.30. The summed E-state index contributed by atoms with van der Waals surface area (Å²) >= 11 is 0. The van der Waals surface area contributed by atoms with E-state index in [0.29, 0.717) is 6.61 Å². The van der Waals surface area contributed by atoms with Crippen LogP contribution in [0.4, 0.5) is 0 Å². The number of aliphatic hydroxyl groups is 1. The molecule has 0 radical (unpaired) electrons. The molecule has 1 fully saturated rings. The minimum Gasteiger partial charge on any atom is -0.395 e. The highest BCUT2D eigenvalue weighted by molar-refractivity contribution is 4.84. The predicted molar refractivity (Wildman–Crippen MR) is 51.2 cm³/mol. The molecule has 0 atom stereocenters. The van der Waals surface area contributed by atoms with Gasteiger partial charge in [-0.2, -0.15) is 0 Å². The molecule has 0 aliphatic heterocycles. The standard InChI is InChI=1S/C10H21NO/c1-2-3-4-7-11(8-9-12)10-5-6-10/h10,12H,2-9H2,1H3. The van der Waals surface area contributed by atoms with Crippen LogP contribution in [0.2, 0.25) is 0 Å². The number of unbranched alkanes of at least 4 members (excludes halogenated alkanes) is 2. The van der Waals surface area contributed by atoms with Gasteiger partial charge in [0.2, 0.25) is 0 Å². The van der Waals surface area contributed by atoms with Crippen molar-refractivity contribution in [3.05, 3.63) is 0 Å². The van der Waals surface area contributed by atoms with Gasteiger partial charge in [0.15, 0.2) is 0 Å². The summed E-state index contributed by atoms with van der Waals surface area (Å²) in [5.41, 5.74) is 0. The van der Waals surface area contributed by atoms with Crippen LogP contribution in [0, 0.1) is 0 Å². The normalized spacial score (nSPS) is 17.2.